The number of halogens is 2. The number of nitrogens with zero attached hydrogens (tertiary/aromatic N) is 3. The lowest BCUT2D eigenvalue weighted by Crippen LogP contribution is -2.52. The van der Waals surface area contributed by atoms with Gasteiger partial charge < -0.3 is 10.2 Å². The van der Waals surface area contributed by atoms with Gasteiger partial charge in [0.2, 0.25) is 5.91 Å². The monoisotopic (exact) mass is 470 g/mol. The van der Waals surface area contributed by atoms with Crippen molar-refractivity contribution < 1.29 is 23.2 Å². The topological polar surface area (TPSA) is 73.0 Å². The van der Waals surface area contributed by atoms with Gasteiger partial charge in [-0.15, -0.1) is 0 Å². The van der Waals surface area contributed by atoms with Gasteiger partial charge in [0.25, 0.3) is 5.91 Å². The summed E-state index contributed by atoms with van der Waals surface area (Å²) in [5.41, 5.74) is 0.755. The van der Waals surface area contributed by atoms with E-state index < -0.39 is 11.6 Å². The SMILES string of the molecule is CC[C@@]1(C)NC(=O)N(CC(=O)N2CCN(C(c3ccc(F)cc3)c3ccc(F)cc3)CC2)C1=O. The van der Waals surface area contributed by atoms with Crippen LogP contribution in [0.15, 0.2) is 48.5 Å². The minimum absolute atomic E-state index is 0.227. The molecule has 1 atom stereocenters. The zero-order valence-corrected chi connectivity index (χ0v) is 19.3. The van der Waals surface area contributed by atoms with Crippen LogP contribution in [0.25, 0.3) is 0 Å². The Bertz CT molecular complexity index is 1020. The van der Waals surface area contributed by atoms with Crippen LogP contribution in [0, 0.1) is 11.6 Å². The number of imide groups is 1. The molecular weight excluding hydrogens is 442 g/mol. The predicted octanol–water partition coefficient (Wildman–Crippen LogP) is 2.92. The van der Waals surface area contributed by atoms with Crippen LogP contribution in [-0.2, 0) is 9.59 Å². The van der Waals surface area contributed by atoms with Crippen LogP contribution in [0.3, 0.4) is 0 Å². The first-order chi connectivity index (χ1) is 16.2. The number of carbonyl (C=O) groups excluding carboxylic acids is 3. The highest BCUT2D eigenvalue weighted by atomic mass is 19.1. The first kappa shape index (κ1) is 23.8. The van der Waals surface area contributed by atoms with Crippen molar-refractivity contribution in [2.75, 3.05) is 32.7 Å². The van der Waals surface area contributed by atoms with Gasteiger partial charge in [0.1, 0.15) is 23.7 Å². The normalized spacial score (nSPS) is 21.3. The Morgan fingerprint density at radius 2 is 1.44 bits per heavy atom. The van der Waals surface area contributed by atoms with E-state index in [2.05, 4.69) is 10.2 Å². The van der Waals surface area contributed by atoms with E-state index in [4.69, 9.17) is 0 Å². The summed E-state index contributed by atoms with van der Waals surface area (Å²) in [6.07, 6.45) is 0.440. The number of hydrogen-bond acceptors (Lipinski definition) is 4. The fraction of sp³-hybridized carbons (Fsp3) is 0.400. The van der Waals surface area contributed by atoms with Gasteiger partial charge in [-0.1, -0.05) is 31.2 Å². The summed E-state index contributed by atoms with van der Waals surface area (Å²) in [5, 5.41) is 2.66. The molecule has 180 valence electrons. The molecule has 0 spiro atoms. The fourth-order valence-electron chi connectivity index (χ4n) is 4.50. The molecule has 0 bridgehead atoms. The minimum atomic E-state index is -0.979. The Morgan fingerprint density at radius 1 is 0.941 bits per heavy atom. The highest BCUT2D eigenvalue weighted by Gasteiger charge is 2.47. The van der Waals surface area contributed by atoms with Crippen LogP contribution in [0.5, 0.6) is 0 Å². The molecule has 4 rings (SSSR count). The molecule has 34 heavy (non-hydrogen) atoms. The van der Waals surface area contributed by atoms with Gasteiger partial charge in [0, 0.05) is 26.2 Å². The number of nitrogens with one attached hydrogen (secondary N) is 1. The van der Waals surface area contributed by atoms with E-state index in [9.17, 15) is 23.2 Å². The smallest absolute Gasteiger partial charge is 0.325 e. The number of amides is 4. The summed E-state index contributed by atoms with van der Waals surface area (Å²) in [7, 11) is 0. The van der Waals surface area contributed by atoms with Crippen LogP contribution in [0.4, 0.5) is 13.6 Å². The Balaban J connectivity index is 1.45. The van der Waals surface area contributed by atoms with Gasteiger partial charge in [-0.2, -0.15) is 0 Å². The molecule has 0 unspecified atom stereocenters. The van der Waals surface area contributed by atoms with Crippen LogP contribution in [-0.4, -0.2) is 70.8 Å². The summed E-state index contributed by atoms with van der Waals surface area (Å²) in [6, 6.07) is 11.7. The quantitative estimate of drug-likeness (QED) is 0.659. The number of benzene rings is 2. The second-order valence-corrected chi connectivity index (χ2v) is 8.93. The molecule has 7 nitrogen and oxygen atoms in total. The molecular formula is C25H28F2N4O3. The van der Waals surface area contributed by atoms with Gasteiger partial charge >= 0.3 is 6.03 Å². The number of carbonyl (C=O) groups is 3. The zero-order chi connectivity index (χ0) is 24.5. The van der Waals surface area contributed by atoms with Crippen molar-refractivity contribution in [2.24, 2.45) is 0 Å². The Hall–Kier alpha value is -3.33. The maximum atomic E-state index is 13.5. The van der Waals surface area contributed by atoms with E-state index in [0.29, 0.717) is 32.6 Å². The fourth-order valence-corrected chi connectivity index (χ4v) is 4.50. The Kier molecular flexibility index (Phi) is 6.65. The van der Waals surface area contributed by atoms with E-state index in [1.54, 1.807) is 43.0 Å². The molecule has 2 aromatic carbocycles. The maximum Gasteiger partial charge on any atom is 0.325 e. The third-order valence-corrected chi connectivity index (χ3v) is 6.75. The average molecular weight is 471 g/mol. The molecule has 9 heteroatoms. The highest BCUT2D eigenvalue weighted by Crippen LogP contribution is 2.30. The lowest BCUT2D eigenvalue weighted by atomic mass is 9.96. The molecule has 4 amide bonds. The standard InChI is InChI=1S/C25H28F2N4O3/c1-3-25(2)23(33)31(24(34)28-25)16-21(32)29-12-14-30(15-13-29)22(17-4-8-19(26)9-5-17)18-6-10-20(27)11-7-18/h4-11,22H,3,12-16H2,1-2H3,(H,28,34)/t25-/m1/s1. The summed E-state index contributed by atoms with van der Waals surface area (Å²) < 4.78 is 27.0. The largest absolute Gasteiger partial charge is 0.339 e. The van der Waals surface area contributed by atoms with Crippen LogP contribution in [0.2, 0.25) is 0 Å². The van der Waals surface area contributed by atoms with Crippen molar-refractivity contribution in [2.45, 2.75) is 31.8 Å². The van der Waals surface area contributed by atoms with Crippen LogP contribution < -0.4 is 5.32 Å². The lowest BCUT2D eigenvalue weighted by Gasteiger charge is -2.40. The highest BCUT2D eigenvalue weighted by molar-refractivity contribution is 6.08. The second kappa shape index (κ2) is 9.50. The minimum Gasteiger partial charge on any atom is -0.339 e. The van der Waals surface area contributed by atoms with Crippen molar-refractivity contribution in [1.82, 2.24) is 20.0 Å². The molecule has 2 heterocycles. The average Bonchev–Trinajstić information content (AvgIpc) is 3.05. The molecule has 2 aliphatic rings. The number of hydrogen-bond donors (Lipinski definition) is 1. The number of rotatable bonds is 6. The maximum absolute atomic E-state index is 13.5. The van der Waals surface area contributed by atoms with E-state index >= 15 is 0 Å². The molecule has 2 aliphatic heterocycles. The molecule has 0 aromatic heterocycles. The van der Waals surface area contributed by atoms with Crippen molar-refractivity contribution in [1.29, 1.82) is 0 Å². The van der Waals surface area contributed by atoms with E-state index in [1.165, 1.54) is 24.3 Å². The van der Waals surface area contributed by atoms with Crippen LogP contribution in [0.1, 0.15) is 37.4 Å². The molecule has 2 saturated heterocycles. The van der Waals surface area contributed by atoms with Gasteiger partial charge in [0.05, 0.1) is 6.04 Å². The molecule has 0 aliphatic carbocycles. The summed E-state index contributed by atoms with van der Waals surface area (Å²) in [6.45, 7) is 5.04. The van der Waals surface area contributed by atoms with Gasteiger partial charge in [0.15, 0.2) is 0 Å². The summed E-state index contributed by atoms with van der Waals surface area (Å²) in [4.78, 5) is 42.5. The Labute approximate surface area is 197 Å². The lowest BCUT2D eigenvalue weighted by molar-refractivity contribution is -0.139. The predicted molar refractivity (Wildman–Crippen MR) is 122 cm³/mol. The second-order valence-electron chi connectivity index (χ2n) is 8.93. The Morgan fingerprint density at radius 3 is 1.88 bits per heavy atom. The van der Waals surface area contributed by atoms with Gasteiger partial charge in [-0.25, -0.2) is 13.6 Å². The van der Waals surface area contributed by atoms with E-state index in [1.807, 2.05) is 0 Å². The zero-order valence-electron chi connectivity index (χ0n) is 19.3. The van der Waals surface area contributed by atoms with E-state index in [-0.39, 0.29) is 36.0 Å². The van der Waals surface area contributed by atoms with Crippen molar-refractivity contribution in [3.63, 3.8) is 0 Å². The first-order valence-electron chi connectivity index (χ1n) is 11.4. The summed E-state index contributed by atoms with van der Waals surface area (Å²) in [5.74, 6) is -1.35. The molecule has 1 N–H and O–H groups in total. The third kappa shape index (κ3) is 4.65. The summed E-state index contributed by atoms with van der Waals surface area (Å²) >= 11 is 0. The number of urea groups is 1. The van der Waals surface area contributed by atoms with Crippen LogP contribution >= 0.6 is 0 Å². The van der Waals surface area contributed by atoms with Crippen molar-refractivity contribution >= 4 is 17.8 Å². The van der Waals surface area contributed by atoms with Crippen molar-refractivity contribution in [3.05, 3.63) is 71.3 Å². The first-order valence-corrected chi connectivity index (χ1v) is 11.4. The van der Waals surface area contributed by atoms with E-state index in [0.717, 1.165) is 16.0 Å². The molecule has 2 fully saturated rings. The van der Waals surface area contributed by atoms with Crippen molar-refractivity contribution in [3.8, 4) is 0 Å². The third-order valence-electron chi connectivity index (χ3n) is 6.75. The molecule has 0 saturated carbocycles. The molecule has 0 radical (unpaired) electrons. The number of piperazine rings is 1. The van der Waals surface area contributed by atoms with Gasteiger partial charge in [-0.05, 0) is 48.7 Å². The molecule has 2 aromatic rings. The van der Waals surface area contributed by atoms with Gasteiger partial charge in [-0.3, -0.25) is 19.4 Å².